The third kappa shape index (κ3) is 4.01. The second-order valence-corrected chi connectivity index (χ2v) is 4.34. The zero-order valence-electron chi connectivity index (χ0n) is 11.4. The predicted molar refractivity (Wildman–Crippen MR) is 72.8 cm³/mol. The van der Waals surface area contributed by atoms with E-state index in [0.29, 0.717) is 0 Å². The van der Waals surface area contributed by atoms with Crippen LogP contribution < -0.4 is 16.8 Å². The van der Waals surface area contributed by atoms with E-state index in [2.05, 4.69) is 5.32 Å². The highest BCUT2D eigenvalue weighted by Crippen LogP contribution is 2.21. The van der Waals surface area contributed by atoms with Crippen molar-refractivity contribution < 1.29 is 18.7 Å². The molecule has 2 amide bonds. The van der Waals surface area contributed by atoms with Crippen molar-refractivity contribution in [2.75, 3.05) is 19.0 Å². The van der Waals surface area contributed by atoms with Crippen molar-refractivity contribution in [1.29, 1.82) is 0 Å². The number of halogens is 1. The molecular weight excluding hydrogens is 265 g/mol. The maximum absolute atomic E-state index is 13.6. The summed E-state index contributed by atoms with van der Waals surface area (Å²) in [5.74, 6) is -1.76. The van der Waals surface area contributed by atoms with Crippen LogP contribution in [0.25, 0.3) is 0 Å². The Morgan fingerprint density at radius 1 is 1.45 bits per heavy atom. The smallest absolute Gasteiger partial charge is 0.248 e. The molecule has 1 atom stereocenters. The molecule has 6 nitrogen and oxygen atoms in total. The number of carbonyl (C=O) groups excluding carboxylic acids is 2. The van der Waals surface area contributed by atoms with Gasteiger partial charge in [0, 0.05) is 30.5 Å². The fraction of sp³-hybridized carbons (Fsp3) is 0.385. The van der Waals surface area contributed by atoms with E-state index < -0.39 is 17.8 Å². The Kier molecular flexibility index (Phi) is 5.60. The lowest BCUT2D eigenvalue weighted by Crippen LogP contribution is -2.28. The highest BCUT2D eigenvalue weighted by Gasteiger charge is 2.15. The zero-order chi connectivity index (χ0) is 15.3. The normalized spacial score (nSPS) is 12.0. The van der Waals surface area contributed by atoms with Gasteiger partial charge in [-0.05, 0) is 19.1 Å². The molecular formula is C13H18FN3O3. The van der Waals surface area contributed by atoms with Crippen molar-refractivity contribution in [3.8, 4) is 0 Å². The number of nitrogens with two attached hydrogens (primary N) is 2. The molecule has 7 heteroatoms. The molecule has 110 valence electrons. The number of rotatable bonds is 6. The van der Waals surface area contributed by atoms with Gasteiger partial charge in [0.05, 0.1) is 12.5 Å². The molecule has 1 aromatic carbocycles. The second kappa shape index (κ2) is 6.97. The molecule has 0 saturated carbocycles. The Balaban J connectivity index is 2.91. The van der Waals surface area contributed by atoms with Crippen LogP contribution in [-0.2, 0) is 9.53 Å². The van der Waals surface area contributed by atoms with Crippen LogP contribution in [0, 0.1) is 12.7 Å². The number of benzene rings is 1. The van der Waals surface area contributed by atoms with E-state index >= 15 is 0 Å². The minimum Gasteiger partial charge on any atom is -0.380 e. The molecule has 0 aromatic heterocycles. The summed E-state index contributed by atoms with van der Waals surface area (Å²) in [7, 11) is 1.45. The lowest BCUT2D eigenvalue weighted by atomic mass is 10.1. The van der Waals surface area contributed by atoms with Crippen LogP contribution in [0.3, 0.4) is 0 Å². The van der Waals surface area contributed by atoms with Crippen LogP contribution >= 0.6 is 0 Å². The fourth-order valence-electron chi connectivity index (χ4n) is 1.62. The minimum absolute atomic E-state index is 0.00878. The fourth-order valence-corrected chi connectivity index (χ4v) is 1.62. The standard InChI is InChI=1S/C13H18FN3O3/c1-7-10(14)3-8(13(16)19)4-11(7)17-12(18)5-9(6-15)20-2/h3-4,9H,5-6,15H2,1-2H3,(H2,16,19)(H,17,18). The molecule has 20 heavy (non-hydrogen) atoms. The maximum atomic E-state index is 13.6. The average Bonchev–Trinajstić information content (AvgIpc) is 2.40. The number of carbonyl (C=O) groups is 2. The van der Waals surface area contributed by atoms with Crippen LogP contribution in [0.5, 0.6) is 0 Å². The molecule has 0 heterocycles. The second-order valence-electron chi connectivity index (χ2n) is 4.34. The molecule has 1 aromatic rings. The zero-order valence-corrected chi connectivity index (χ0v) is 11.4. The van der Waals surface area contributed by atoms with Crippen LogP contribution in [0.2, 0.25) is 0 Å². The topological polar surface area (TPSA) is 107 Å². The molecule has 0 radical (unpaired) electrons. The first-order chi connectivity index (χ1) is 9.38. The molecule has 0 aliphatic rings. The highest BCUT2D eigenvalue weighted by atomic mass is 19.1. The summed E-state index contributed by atoms with van der Waals surface area (Å²) in [5, 5.41) is 2.52. The molecule has 0 spiro atoms. The third-order valence-corrected chi connectivity index (χ3v) is 2.91. The highest BCUT2D eigenvalue weighted by molar-refractivity contribution is 5.97. The lowest BCUT2D eigenvalue weighted by molar-refractivity contribution is -0.118. The van der Waals surface area contributed by atoms with Gasteiger partial charge in [-0.1, -0.05) is 0 Å². The van der Waals surface area contributed by atoms with Gasteiger partial charge in [0.2, 0.25) is 11.8 Å². The summed E-state index contributed by atoms with van der Waals surface area (Å²) in [4.78, 5) is 22.9. The summed E-state index contributed by atoms with van der Waals surface area (Å²) in [6.07, 6.45) is -0.381. The van der Waals surface area contributed by atoms with Crippen molar-refractivity contribution >= 4 is 17.5 Å². The summed E-state index contributed by atoms with van der Waals surface area (Å²) in [5.41, 5.74) is 10.9. The van der Waals surface area contributed by atoms with Gasteiger partial charge in [0.25, 0.3) is 0 Å². The van der Waals surface area contributed by atoms with E-state index in [4.69, 9.17) is 16.2 Å². The van der Waals surface area contributed by atoms with Gasteiger partial charge in [0.15, 0.2) is 0 Å². The number of primary amides is 1. The SMILES string of the molecule is COC(CN)CC(=O)Nc1cc(C(N)=O)cc(F)c1C. The molecule has 0 fully saturated rings. The Bertz CT molecular complexity index is 516. The Morgan fingerprint density at radius 2 is 2.10 bits per heavy atom. The van der Waals surface area contributed by atoms with Crippen LogP contribution in [-0.4, -0.2) is 31.6 Å². The number of ether oxygens (including phenoxy) is 1. The lowest BCUT2D eigenvalue weighted by Gasteiger charge is -2.14. The minimum atomic E-state index is -0.767. The number of methoxy groups -OCH3 is 1. The van der Waals surface area contributed by atoms with Crippen molar-refractivity contribution in [3.05, 3.63) is 29.1 Å². The van der Waals surface area contributed by atoms with Gasteiger partial charge in [-0.3, -0.25) is 9.59 Å². The summed E-state index contributed by atoms with van der Waals surface area (Å²) in [6.45, 7) is 1.69. The monoisotopic (exact) mass is 283 g/mol. The predicted octanol–water partition coefficient (Wildman–Crippen LogP) is 0.535. The number of nitrogens with one attached hydrogen (secondary N) is 1. The van der Waals surface area contributed by atoms with E-state index in [9.17, 15) is 14.0 Å². The van der Waals surface area contributed by atoms with Gasteiger partial charge in [-0.2, -0.15) is 0 Å². The largest absolute Gasteiger partial charge is 0.380 e. The average molecular weight is 283 g/mol. The van der Waals surface area contributed by atoms with Crippen molar-refractivity contribution in [2.45, 2.75) is 19.4 Å². The first-order valence-electron chi connectivity index (χ1n) is 6.01. The van der Waals surface area contributed by atoms with Crippen LogP contribution in [0.15, 0.2) is 12.1 Å². The van der Waals surface area contributed by atoms with Gasteiger partial charge in [0.1, 0.15) is 5.82 Å². The number of hydrogen-bond donors (Lipinski definition) is 3. The molecule has 1 unspecified atom stereocenters. The number of amides is 2. The molecule has 0 aliphatic heterocycles. The first-order valence-corrected chi connectivity index (χ1v) is 6.01. The van der Waals surface area contributed by atoms with E-state index in [1.54, 1.807) is 0 Å². The van der Waals surface area contributed by atoms with Crippen molar-refractivity contribution in [2.24, 2.45) is 11.5 Å². The van der Waals surface area contributed by atoms with E-state index in [-0.39, 0.29) is 35.7 Å². The Labute approximate surface area is 116 Å². The number of anilines is 1. The molecule has 0 bridgehead atoms. The van der Waals surface area contributed by atoms with Gasteiger partial charge >= 0.3 is 0 Å². The van der Waals surface area contributed by atoms with Crippen molar-refractivity contribution in [1.82, 2.24) is 0 Å². The Morgan fingerprint density at radius 3 is 2.60 bits per heavy atom. The van der Waals surface area contributed by atoms with Crippen LogP contribution in [0.1, 0.15) is 22.3 Å². The first kappa shape index (κ1) is 16.1. The quantitative estimate of drug-likeness (QED) is 0.708. The Hall–Kier alpha value is -1.99. The van der Waals surface area contributed by atoms with Gasteiger partial charge in [-0.25, -0.2) is 4.39 Å². The summed E-state index contributed by atoms with van der Waals surface area (Å²) >= 11 is 0. The summed E-state index contributed by atoms with van der Waals surface area (Å²) in [6, 6.07) is 2.37. The van der Waals surface area contributed by atoms with E-state index in [0.717, 1.165) is 6.07 Å². The third-order valence-electron chi connectivity index (χ3n) is 2.91. The molecule has 5 N–H and O–H groups in total. The van der Waals surface area contributed by atoms with Crippen LogP contribution in [0.4, 0.5) is 10.1 Å². The van der Waals surface area contributed by atoms with Crippen molar-refractivity contribution in [3.63, 3.8) is 0 Å². The number of hydrogen-bond acceptors (Lipinski definition) is 4. The van der Waals surface area contributed by atoms with E-state index in [1.165, 1.54) is 20.1 Å². The maximum Gasteiger partial charge on any atom is 0.248 e. The van der Waals surface area contributed by atoms with E-state index in [1.807, 2.05) is 0 Å². The molecule has 0 aliphatic carbocycles. The van der Waals surface area contributed by atoms with Gasteiger partial charge < -0.3 is 21.5 Å². The molecule has 0 saturated heterocycles. The molecule has 1 rings (SSSR count). The van der Waals surface area contributed by atoms with Gasteiger partial charge in [-0.15, -0.1) is 0 Å². The summed E-state index contributed by atoms with van der Waals surface area (Å²) < 4.78 is 18.6.